The molecule has 0 bridgehead atoms. The van der Waals surface area contributed by atoms with Gasteiger partial charge in [0, 0.05) is 5.02 Å². The van der Waals surface area contributed by atoms with Crippen LogP contribution < -0.4 is 5.32 Å². The van der Waals surface area contributed by atoms with Gasteiger partial charge in [-0.1, -0.05) is 24.6 Å². The van der Waals surface area contributed by atoms with Gasteiger partial charge in [0.15, 0.2) is 0 Å². The van der Waals surface area contributed by atoms with E-state index in [9.17, 15) is 17.6 Å². The van der Waals surface area contributed by atoms with Crippen molar-refractivity contribution in [3.8, 4) is 0 Å². The van der Waals surface area contributed by atoms with Crippen molar-refractivity contribution in [1.82, 2.24) is 5.32 Å². The van der Waals surface area contributed by atoms with Crippen LogP contribution in [0.5, 0.6) is 0 Å². The molecule has 20 heavy (non-hydrogen) atoms. The number of halogens is 5. The maximum atomic E-state index is 13.8. The highest BCUT2D eigenvalue weighted by Gasteiger charge is 2.49. The number of hydrogen-bond acceptors (Lipinski definition) is 1. The minimum atomic E-state index is -4.14. The Kier molecular flexibility index (Phi) is 5.83. The molecule has 0 amide bonds. The maximum Gasteiger partial charge on any atom is 0.326 e. The third-order valence-electron chi connectivity index (χ3n) is 3.13. The van der Waals surface area contributed by atoms with Gasteiger partial charge >= 0.3 is 12.3 Å². The summed E-state index contributed by atoms with van der Waals surface area (Å²) in [4.78, 5) is 0. The molecule has 0 saturated heterocycles. The van der Waals surface area contributed by atoms with E-state index < -0.39 is 18.4 Å². The van der Waals surface area contributed by atoms with Crippen LogP contribution in [0, 0.1) is 13.8 Å². The van der Waals surface area contributed by atoms with Gasteiger partial charge in [0.1, 0.15) is 6.04 Å². The maximum absolute atomic E-state index is 13.8. The molecule has 0 aromatic heterocycles. The highest BCUT2D eigenvalue weighted by molar-refractivity contribution is 6.31. The fourth-order valence-electron chi connectivity index (χ4n) is 1.98. The van der Waals surface area contributed by atoms with Crippen molar-refractivity contribution < 1.29 is 17.6 Å². The number of alkyl halides is 4. The molecule has 0 heterocycles. The molecule has 1 rings (SSSR count). The van der Waals surface area contributed by atoms with Crippen molar-refractivity contribution in [2.75, 3.05) is 6.54 Å². The fourth-order valence-corrected chi connectivity index (χ4v) is 2.20. The minimum absolute atomic E-state index is 0.158. The standard InChI is InChI=1S/C14H18ClF4N/c1-4-5-20-12(14(18,19)13(16)17)10-6-9(3)11(15)7-8(10)2/h6-7,12-13,20H,4-5H2,1-3H3. The van der Waals surface area contributed by atoms with Crippen LogP contribution in [0.2, 0.25) is 5.02 Å². The molecule has 1 aromatic rings. The highest BCUT2D eigenvalue weighted by Crippen LogP contribution is 2.39. The second-order valence-corrected chi connectivity index (χ2v) is 5.23. The average Bonchev–Trinajstić information content (AvgIpc) is 2.35. The van der Waals surface area contributed by atoms with Gasteiger partial charge in [-0.05, 0) is 49.6 Å². The molecule has 0 aliphatic heterocycles. The van der Waals surface area contributed by atoms with E-state index in [-0.39, 0.29) is 12.1 Å². The third kappa shape index (κ3) is 3.64. The average molecular weight is 312 g/mol. The molecule has 1 atom stereocenters. The van der Waals surface area contributed by atoms with Crippen LogP contribution in [-0.4, -0.2) is 18.9 Å². The largest absolute Gasteiger partial charge is 0.326 e. The van der Waals surface area contributed by atoms with E-state index in [0.29, 0.717) is 22.6 Å². The Labute approximate surface area is 121 Å². The number of nitrogens with one attached hydrogen (secondary N) is 1. The van der Waals surface area contributed by atoms with Crippen molar-refractivity contribution in [3.63, 3.8) is 0 Å². The van der Waals surface area contributed by atoms with E-state index in [2.05, 4.69) is 5.32 Å². The summed E-state index contributed by atoms with van der Waals surface area (Å²) in [6.07, 6.45) is -3.16. The Bertz CT molecular complexity index is 463. The zero-order valence-corrected chi connectivity index (χ0v) is 12.4. The van der Waals surface area contributed by atoms with Crippen LogP contribution in [0.3, 0.4) is 0 Å². The minimum Gasteiger partial charge on any atom is -0.305 e. The van der Waals surface area contributed by atoms with Crippen LogP contribution in [0.4, 0.5) is 17.6 Å². The van der Waals surface area contributed by atoms with Crippen LogP contribution >= 0.6 is 11.6 Å². The Morgan fingerprint density at radius 1 is 1.20 bits per heavy atom. The van der Waals surface area contributed by atoms with Gasteiger partial charge in [0.25, 0.3) is 0 Å². The third-order valence-corrected chi connectivity index (χ3v) is 3.54. The van der Waals surface area contributed by atoms with Gasteiger partial charge in [-0.15, -0.1) is 0 Å². The molecule has 6 heteroatoms. The Balaban J connectivity index is 3.27. The first-order valence-corrected chi connectivity index (χ1v) is 6.75. The lowest BCUT2D eigenvalue weighted by atomic mass is 9.94. The summed E-state index contributed by atoms with van der Waals surface area (Å²) in [6, 6.07) is 1.24. The fraction of sp³-hybridized carbons (Fsp3) is 0.571. The van der Waals surface area contributed by atoms with Crippen molar-refractivity contribution in [2.45, 2.75) is 45.6 Å². The van der Waals surface area contributed by atoms with Gasteiger partial charge < -0.3 is 5.32 Å². The van der Waals surface area contributed by atoms with Gasteiger partial charge in [-0.25, -0.2) is 8.78 Å². The van der Waals surface area contributed by atoms with Crippen molar-refractivity contribution in [2.24, 2.45) is 0 Å². The van der Waals surface area contributed by atoms with Gasteiger partial charge in [-0.2, -0.15) is 8.78 Å². The Morgan fingerprint density at radius 2 is 1.80 bits per heavy atom. The molecule has 114 valence electrons. The van der Waals surface area contributed by atoms with Crippen molar-refractivity contribution >= 4 is 11.6 Å². The number of rotatable bonds is 6. The van der Waals surface area contributed by atoms with Gasteiger partial charge in [0.2, 0.25) is 0 Å². The van der Waals surface area contributed by atoms with E-state index in [0.717, 1.165) is 0 Å². The van der Waals surface area contributed by atoms with E-state index in [4.69, 9.17) is 11.6 Å². The molecule has 0 aliphatic rings. The smallest absolute Gasteiger partial charge is 0.305 e. The monoisotopic (exact) mass is 311 g/mol. The molecule has 1 N–H and O–H groups in total. The number of hydrogen-bond donors (Lipinski definition) is 1. The van der Waals surface area contributed by atoms with Gasteiger partial charge in [0.05, 0.1) is 0 Å². The van der Waals surface area contributed by atoms with Crippen LogP contribution in [0.15, 0.2) is 12.1 Å². The van der Waals surface area contributed by atoms with Crippen LogP contribution in [-0.2, 0) is 0 Å². The van der Waals surface area contributed by atoms with Crippen LogP contribution in [0.25, 0.3) is 0 Å². The van der Waals surface area contributed by atoms with Crippen molar-refractivity contribution in [1.29, 1.82) is 0 Å². The molecule has 0 radical (unpaired) electrons. The molecule has 0 spiro atoms. The Morgan fingerprint density at radius 3 is 2.30 bits per heavy atom. The van der Waals surface area contributed by atoms with E-state index in [1.165, 1.54) is 12.1 Å². The zero-order chi connectivity index (χ0) is 15.5. The summed E-state index contributed by atoms with van der Waals surface area (Å²) in [5.41, 5.74) is 1.21. The van der Waals surface area contributed by atoms with Crippen molar-refractivity contribution in [3.05, 3.63) is 33.8 Å². The first kappa shape index (κ1) is 17.2. The second kappa shape index (κ2) is 6.76. The lowest BCUT2D eigenvalue weighted by Crippen LogP contribution is -2.43. The lowest BCUT2D eigenvalue weighted by Gasteiger charge is -2.29. The van der Waals surface area contributed by atoms with Crippen LogP contribution in [0.1, 0.15) is 36.1 Å². The second-order valence-electron chi connectivity index (χ2n) is 4.82. The normalized spacial score (nSPS) is 13.8. The lowest BCUT2D eigenvalue weighted by molar-refractivity contribution is -0.151. The highest BCUT2D eigenvalue weighted by atomic mass is 35.5. The predicted octanol–water partition coefficient (Wildman–Crippen LogP) is 4.90. The SMILES string of the molecule is CCCNC(c1cc(C)c(Cl)cc1C)C(F)(F)C(F)F. The molecule has 0 aliphatic carbocycles. The summed E-state index contributed by atoms with van der Waals surface area (Å²) < 4.78 is 52.9. The topological polar surface area (TPSA) is 12.0 Å². The van der Waals surface area contributed by atoms with E-state index >= 15 is 0 Å². The number of benzene rings is 1. The van der Waals surface area contributed by atoms with E-state index in [1.807, 2.05) is 0 Å². The van der Waals surface area contributed by atoms with E-state index in [1.54, 1.807) is 20.8 Å². The molecule has 1 nitrogen and oxygen atoms in total. The molecule has 0 saturated carbocycles. The summed E-state index contributed by atoms with van der Waals surface area (Å²) in [7, 11) is 0. The Hall–Kier alpha value is -0.810. The zero-order valence-electron chi connectivity index (χ0n) is 11.6. The molecular weight excluding hydrogens is 294 g/mol. The predicted molar refractivity (Wildman–Crippen MR) is 72.9 cm³/mol. The summed E-state index contributed by atoms with van der Waals surface area (Å²) in [5, 5.41) is 2.95. The first-order valence-electron chi connectivity index (χ1n) is 6.37. The molecule has 0 fully saturated rings. The molecule has 1 aromatic carbocycles. The number of aryl methyl sites for hydroxylation is 2. The molecular formula is C14H18ClF4N. The van der Waals surface area contributed by atoms with Gasteiger partial charge in [-0.3, -0.25) is 0 Å². The quantitative estimate of drug-likeness (QED) is 0.737. The molecule has 1 unspecified atom stereocenters. The summed E-state index contributed by atoms with van der Waals surface area (Å²) in [6.45, 7) is 5.25. The summed E-state index contributed by atoms with van der Waals surface area (Å²) >= 11 is 5.92. The summed E-state index contributed by atoms with van der Waals surface area (Å²) in [5.74, 6) is -4.14. The first-order chi connectivity index (χ1) is 9.21.